The number of nitrogens with zero attached hydrogens (tertiary/aromatic N) is 3. The topological polar surface area (TPSA) is 84.4 Å². The van der Waals surface area contributed by atoms with Crippen LogP contribution in [0.2, 0.25) is 0 Å². The van der Waals surface area contributed by atoms with Gasteiger partial charge in [0.25, 0.3) is 11.8 Å². The lowest BCUT2D eigenvalue weighted by molar-refractivity contribution is -0.117. The number of amides is 2. The smallest absolute Gasteiger partial charge is 0.279 e. The average molecular weight is 488 g/mol. The Morgan fingerprint density at radius 3 is 2.31 bits per heavy atom. The predicted octanol–water partition coefficient (Wildman–Crippen LogP) is 5.18. The van der Waals surface area contributed by atoms with Crippen LogP contribution in [-0.2, 0) is 4.79 Å². The van der Waals surface area contributed by atoms with Crippen LogP contribution in [0.3, 0.4) is 0 Å². The summed E-state index contributed by atoms with van der Waals surface area (Å²) in [6, 6.07) is 15.9. The molecule has 36 heavy (non-hydrogen) atoms. The normalized spacial score (nSPS) is 11.4. The molecular formula is C27H22F2N4O3. The fraction of sp³-hybridized carbons (Fsp3) is 0.111. The van der Waals surface area contributed by atoms with E-state index in [1.807, 2.05) is 6.92 Å². The number of carbonyl (C=O) groups is 2. The lowest BCUT2D eigenvalue weighted by Crippen LogP contribution is -2.42. The van der Waals surface area contributed by atoms with Crippen molar-refractivity contribution < 1.29 is 23.1 Å². The molecule has 0 spiro atoms. The molecule has 0 aliphatic heterocycles. The van der Waals surface area contributed by atoms with Crippen molar-refractivity contribution in [1.82, 2.24) is 9.97 Å². The number of ether oxygens (including phenoxy) is 1. The van der Waals surface area contributed by atoms with Crippen LogP contribution in [0, 0.1) is 11.6 Å². The minimum Gasteiger partial charge on any atom is -0.494 e. The van der Waals surface area contributed by atoms with E-state index in [1.165, 1.54) is 72.0 Å². The van der Waals surface area contributed by atoms with Gasteiger partial charge in [-0.25, -0.2) is 13.8 Å². The zero-order chi connectivity index (χ0) is 25.5. The molecule has 1 N–H and O–H groups in total. The largest absolute Gasteiger partial charge is 0.494 e. The van der Waals surface area contributed by atoms with E-state index in [9.17, 15) is 18.4 Å². The van der Waals surface area contributed by atoms with E-state index in [0.717, 1.165) is 0 Å². The molecule has 1 aromatic heterocycles. The Hall–Kier alpha value is -4.66. The number of rotatable bonds is 8. The highest BCUT2D eigenvalue weighted by Crippen LogP contribution is 2.32. The molecule has 0 aliphatic carbocycles. The molecule has 7 nitrogen and oxygen atoms in total. The summed E-state index contributed by atoms with van der Waals surface area (Å²) in [4.78, 5) is 36.8. The van der Waals surface area contributed by atoms with Crippen molar-refractivity contribution in [1.29, 1.82) is 0 Å². The molecule has 1 atom stereocenters. The molecule has 4 aromatic rings. The van der Waals surface area contributed by atoms with Crippen molar-refractivity contribution in [3.63, 3.8) is 0 Å². The number of halogens is 2. The van der Waals surface area contributed by atoms with Gasteiger partial charge in [-0.1, -0.05) is 18.2 Å². The number of nitrogens with one attached hydrogen (secondary N) is 1. The van der Waals surface area contributed by atoms with E-state index in [2.05, 4.69) is 15.3 Å². The minimum atomic E-state index is -1.25. The SMILES string of the molecule is CCOc1cccc(N(C(=O)c2cnccn2)[C@H](C(=O)Nc2ccc(F)cc2)c2ccc(F)cc2)c1. The maximum Gasteiger partial charge on any atom is 0.279 e. The van der Waals surface area contributed by atoms with Gasteiger partial charge in [-0.3, -0.25) is 19.5 Å². The number of anilines is 2. The highest BCUT2D eigenvalue weighted by atomic mass is 19.1. The second-order valence-corrected chi connectivity index (χ2v) is 7.65. The van der Waals surface area contributed by atoms with Crippen molar-refractivity contribution in [3.8, 4) is 5.75 Å². The van der Waals surface area contributed by atoms with Gasteiger partial charge in [0.2, 0.25) is 0 Å². The van der Waals surface area contributed by atoms with E-state index in [0.29, 0.717) is 29.3 Å². The van der Waals surface area contributed by atoms with Crippen molar-refractivity contribution in [2.75, 3.05) is 16.8 Å². The van der Waals surface area contributed by atoms with Gasteiger partial charge in [0.1, 0.15) is 29.1 Å². The van der Waals surface area contributed by atoms with Crippen LogP contribution >= 0.6 is 0 Å². The van der Waals surface area contributed by atoms with E-state index >= 15 is 0 Å². The van der Waals surface area contributed by atoms with Crippen molar-refractivity contribution in [2.45, 2.75) is 13.0 Å². The van der Waals surface area contributed by atoms with E-state index < -0.39 is 29.5 Å². The minimum absolute atomic E-state index is 0.000932. The van der Waals surface area contributed by atoms with Crippen LogP contribution in [0.1, 0.15) is 29.0 Å². The molecule has 1 heterocycles. The third kappa shape index (κ3) is 5.69. The van der Waals surface area contributed by atoms with Crippen molar-refractivity contribution in [2.24, 2.45) is 0 Å². The molecule has 0 unspecified atom stereocenters. The fourth-order valence-corrected chi connectivity index (χ4v) is 3.61. The molecule has 0 bridgehead atoms. The number of hydrogen-bond acceptors (Lipinski definition) is 5. The monoisotopic (exact) mass is 488 g/mol. The fourth-order valence-electron chi connectivity index (χ4n) is 3.61. The maximum absolute atomic E-state index is 13.8. The molecule has 0 radical (unpaired) electrons. The zero-order valence-electron chi connectivity index (χ0n) is 19.3. The van der Waals surface area contributed by atoms with Gasteiger partial charge >= 0.3 is 0 Å². The van der Waals surface area contributed by atoms with Crippen LogP contribution in [0.4, 0.5) is 20.2 Å². The molecule has 0 fully saturated rings. The molecule has 4 rings (SSSR count). The molecule has 182 valence electrons. The van der Waals surface area contributed by atoms with Gasteiger partial charge in [0.15, 0.2) is 0 Å². The molecule has 9 heteroatoms. The lowest BCUT2D eigenvalue weighted by Gasteiger charge is -2.31. The highest BCUT2D eigenvalue weighted by molar-refractivity contribution is 6.11. The highest BCUT2D eigenvalue weighted by Gasteiger charge is 2.34. The lowest BCUT2D eigenvalue weighted by atomic mass is 10.0. The second kappa shape index (κ2) is 11.2. The summed E-state index contributed by atoms with van der Waals surface area (Å²) < 4.78 is 32.8. The van der Waals surface area contributed by atoms with Gasteiger partial charge in [-0.05, 0) is 61.0 Å². The molecule has 0 saturated heterocycles. The second-order valence-electron chi connectivity index (χ2n) is 7.65. The first kappa shape index (κ1) is 24.5. The quantitative estimate of drug-likeness (QED) is 0.370. The Morgan fingerprint density at radius 1 is 0.972 bits per heavy atom. The third-order valence-corrected chi connectivity index (χ3v) is 5.21. The third-order valence-electron chi connectivity index (χ3n) is 5.21. The summed E-state index contributed by atoms with van der Waals surface area (Å²) in [5, 5.41) is 2.72. The van der Waals surface area contributed by atoms with Gasteiger partial charge in [-0.15, -0.1) is 0 Å². The van der Waals surface area contributed by atoms with Gasteiger partial charge in [0, 0.05) is 29.8 Å². The van der Waals surface area contributed by atoms with E-state index in [-0.39, 0.29) is 5.69 Å². The Balaban J connectivity index is 1.85. The van der Waals surface area contributed by atoms with Gasteiger partial charge in [-0.2, -0.15) is 0 Å². The van der Waals surface area contributed by atoms with Crippen molar-refractivity contribution >= 4 is 23.2 Å². The zero-order valence-corrected chi connectivity index (χ0v) is 19.3. The standard InChI is InChI=1S/C27H22F2N4O3/c1-2-36-23-5-3-4-22(16-23)33(27(35)24-17-30-14-15-31-24)25(18-6-8-19(28)9-7-18)26(34)32-21-12-10-20(29)11-13-21/h3-17,25H,2H2,1H3,(H,32,34)/t25-/m0/s1. The number of hydrogen-bond donors (Lipinski definition) is 1. The number of benzene rings is 3. The summed E-state index contributed by atoms with van der Waals surface area (Å²) in [5.74, 6) is -1.69. The summed E-state index contributed by atoms with van der Waals surface area (Å²) in [7, 11) is 0. The van der Waals surface area contributed by atoms with Crippen LogP contribution in [-0.4, -0.2) is 28.4 Å². The van der Waals surface area contributed by atoms with Gasteiger partial charge in [0.05, 0.1) is 12.8 Å². The molecule has 0 aliphatic rings. The van der Waals surface area contributed by atoms with Crippen LogP contribution in [0.15, 0.2) is 91.4 Å². The van der Waals surface area contributed by atoms with Crippen LogP contribution in [0.5, 0.6) is 5.75 Å². The molecule has 2 amide bonds. The predicted molar refractivity (Wildman–Crippen MR) is 131 cm³/mol. The molecule has 0 saturated carbocycles. The summed E-state index contributed by atoms with van der Waals surface area (Å²) in [5.41, 5.74) is 1.01. The maximum atomic E-state index is 13.8. The molecular weight excluding hydrogens is 466 g/mol. The van der Waals surface area contributed by atoms with E-state index in [4.69, 9.17) is 4.74 Å². The Labute approximate surface area is 206 Å². The Kier molecular flexibility index (Phi) is 7.60. The summed E-state index contributed by atoms with van der Waals surface area (Å²) in [6.07, 6.45) is 4.09. The van der Waals surface area contributed by atoms with Gasteiger partial charge < -0.3 is 10.1 Å². The first-order valence-corrected chi connectivity index (χ1v) is 11.1. The van der Waals surface area contributed by atoms with E-state index in [1.54, 1.807) is 24.3 Å². The van der Waals surface area contributed by atoms with Crippen LogP contribution < -0.4 is 15.0 Å². The summed E-state index contributed by atoms with van der Waals surface area (Å²) >= 11 is 0. The average Bonchev–Trinajstić information content (AvgIpc) is 2.90. The first-order chi connectivity index (χ1) is 17.5. The van der Waals surface area contributed by atoms with Crippen molar-refractivity contribution in [3.05, 3.63) is 114 Å². The summed E-state index contributed by atoms with van der Waals surface area (Å²) in [6.45, 7) is 2.22. The first-order valence-electron chi connectivity index (χ1n) is 11.1. The number of aromatic nitrogens is 2. The number of carbonyl (C=O) groups excluding carboxylic acids is 2. The Morgan fingerprint density at radius 2 is 1.67 bits per heavy atom. The Bertz CT molecular complexity index is 1330. The van der Waals surface area contributed by atoms with Crippen LogP contribution in [0.25, 0.3) is 0 Å². The molecule has 3 aromatic carbocycles.